The van der Waals surface area contributed by atoms with Gasteiger partial charge in [-0.3, -0.25) is 4.79 Å². The van der Waals surface area contributed by atoms with Gasteiger partial charge in [0.25, 0.3) is 0 Å². The number of ether oxygens (including phenoxy) is 2. The van der Waals surface area contributed by atoms with Gasteiger partial charge in [-0.2, -0.15) is 0 Å². The van der Waals surface area contributed by atoms with Crippen LogP contribution in [0.5, 0.6) is 5.75 Å². The van der Waals surface area contributed by atoms with Gasteiger partial charge < -0.3 is 9.47 Å². The first-order valence-corrected chi connectivity index (χ1v) is 10.1. The maximum atomic E-state index is 11.8. The molecule has 152 valence electrons. The fraction of sp³-hybridized carbons (Fsp3) is 0.480. The molecule has 0 unspecified atom stereocenters. The van der Waals surface area contributed by atoms with E-state index in [1.165, 1.54) is 16.7 Å². The maximum absolute atomic E-state index is 11.8. The number of carbonyl (C=O) groups excluding carboxylic acids is 1. The Balaban J connectivity index is 1.84. The predicted octanol–water partition coefficient (Wildman–Crippen LogP) is 6.05. The first-order chi connectivity index (χ1) is 13.1. The number of hydrogen-bond donors (Lipinski definition) is 0. The van der Waals surface area contributed by atoms with Crippen molar-refractivity contribution in [2.24, 2.45) is 5.41 Å². The van der Waals surface area contributed by atoms with Gasteiger partial charge in [-0.1, -0.05) is 77.9 Å². The number of carbonyl (C=O) groups is 1. The summed E-state index contributed by atoms with van der Waals surface area (Å²) >= 11 is 0. The SMILES string of the molecule is CCC(C)(C)c1ccc(-c2ccc(OCCOCC(=O)C(C)(C)C)cc2)cc1. The van der Waals surface area contributed by atoms with Crippen molar-refractivity contribution in [3.63, 3.8) is 0 Å². The Morgan fingerprint density at radius 3 is 1.86 bits per heavy atom. The summed E-state index contributed by atoms with van der Waals surface area (Å²) in [6, 6.07) is 16.9. The molecule has 0 radical (unpaired) electrons. The number of rotatable bonds is 9. The fourth-order valence-electron chi connectivity index (χ4n) is 2.66. The molecule has 2 aromatic rings. The summed E-state index contributed by atoms with van der Waals surface area (Å²) in [6.45, 7) is 13.4. The highest BCUT2D eigenvalue weighted by atomic mass is 16.5. The summed E-state index contributed by atoms with van der Waals surface area (Å²) in [7, 11) is 0. The number of benzene rings is 2. The highest BCUT2D eigenvalue weighted by Crippen LogP contribution is 2.29. The third kappa shape index (κ3) is 6.20. The molecule has 0 N–H and O–H groups in total. The van der Waals surface area contributed by atoms with Crippen LogP contribution in [0.2, 0.25) is 0 Å². The van der Waals surface area contributed by atoms with E-state index in [1.807, 2.05) is 32.9 Å². The highest BCUT2D eigenvalue weighted by Gasteiger charge is 2.20. The van der Waals surface area contributed by atoms with Crippen molar-refractivity contribution < 1.29 is 14.3 Å². The molecule has 0 heterocycles. The second-order valence-electron chi connectivity index (χ2n) is 8.91. The minimum absolute atomic E-state index is 0.102. The number of ketones is 1. The van der Waals surface area contributed by atoms with E-state index >= 15 is 0 Å². The molecule has 0 aliphatic carbocycles. The van der Waals surface area contributed by atoms with Gasteiger partial charge in [-0.25, -0.2) is 0 Å². The highest BCUT2D eigenvalue weighted by molar-refractivity contribution is 5.84. The van der Waals surface area contributed by atoms with Crippen molar-refractivity contribution in [1.29, 1.82) is 0 Å². The molecule has 0 aliphatic heterocycles. The third-order valence-corrected chi connectivity index (χ3v) is 5.30. The van der Waals surface area contributed by atoms with E-state index in [0.29, 0.717) is 13.2 Å². The first-order valence-electron chi connectivity index (χ1n) is 10.1. The van der Waals surface area contributed by atoms with Crippen molar-refractivity contribution >= 4 is 5.78 Å². The molecule has 0 aromatic heterocycles. The molecular formula is C25H34O3. The molecule has 0 spiro atoms. The van der Waals surface area contributed by atoms with Gasteiger partial charge in [0, 0.05) is 5.41 Å². The predicted molar refractivity (Wildman–Crippen MR) is 116 cm³/mol. The van der Waals surface area contributed by atoms with Crippen LogP contribution in [0.4, 0.5) is 0 Å². The summed E-state index contributed by atoms with van der Waals surface area (Å²) in [6.07, 6.45) is 1.12. The van der Waals surface area contributed by atoms with E-state index in [0.717, 1.165) is 12.2 Å². The van der Waals surface area contributed by atoms with E-state index in [-0.39, 0.29) is 23.2 Å². The molecule has 28 heavy (non-hydrogen) atoms. The van der Waals surface area contributed by atoms with Crippen molar-refractivity contribution in [2.45, 2.75) is 53.4 Å². The second-order valence-corrected chi connectivity index (χ2v) is 8.91. The lowest BCUT2D eigenvalue weighted by atomic mass is 9.82. The molecule has 0 saturated carbocycles. The van der Waals surface area contributed by atoms with Crippen molar-refractivity contribution in [3.05, 3.63) is 54.1 Å². The van der Waals surface area contributed by atoms with Gasteiger partial charge in [0.15, 0.2) is 5.78 Å². The van der Waals surface area contributed by atoms with Crippen LogP contribution in [0.1, 0.15) is 53.5 Å². The van der Waals surface area contributed by atoms with Crippen LogP contribution in [0.3, 0.4) is 0 Å². The quantitative estimate of drug-likeness (QED) is 0.495. The standard InChI is InChI=1S/C25H34O3/c1-7-25(5,6)21-12-8-19(9-13-21)20-10-14-22(15-11-20)28-17-16-27-18-23(26)24(2,3)4/h8-15H,7,16-18H2,1-6H3. The lowest BCUT2D eigenvalue weighted by Crippen LogP contribution is -2.25. The molecule has 0 amide bonds. The molecule has 0 bridgehead atoms. The van der Waals surface area contributed by atoms with Crippen LogP contribution in [0.25, 0.3) is 11.1 Å². The minimum Gasteiger partial charge on any atom is -0.491 e. The Labute approximate surface area is 170 Å². The molecule has 0 atom stereocenters. The summed E-state index contributed by atoms with van der Waals surface area (Å²) in [4.78, 5) is 11.8. The Bertz CT molecular complexity index is 750. The average Bonchev–Trinajstić information content (AvgIpc) is 2.67. The lowest BCUT2D eigenvalue weighted by molar-refractivity contribution is -0.131. The van der Waals surface area contributed by atoms with Crippen LogP contribution in [0.15, 0.2) is 48.5 Å². The summed E-state index contributed by atoms with van der Waals surface area (Å²) in [5, 5.41) is 0. The van der Waals surface area contributed by atoms with Gasteiger partial charge in [0.2, 0.25) is 0 Å². The minimum atomic E-state index is -0.360. The zero-order chi connectivity index (χ0) is 20.8. The topological polar surface area (TPSA) is 35.5 Å². The zero-order valence-corrected chi connectivity index (χ0v) is 18.2. The average molecular weight is 383 g/mol. The van der Waals surface area contributed by atoms with E-state index < -0.39 is 0 Å². The summed E-state index contributed by atoms with van der Waals surface area (Å²) in [5.41, 5.74) is 3.58. The monoisotopic (exact) mass is 382 g/mol. The molecular weight excluding hydrogens is 348 g/mol. The van der Waals surface area contributed by atoms with Crippen molar-refractivity contribution in [3.8, 4) is 16.9 Å². The molecule has 0 aliphatic rings. The Morgan fingerprint density at radius 1 is 0.821 bits per heavy atom. The molecule has 0 fully saturated rings. The smallest absolute Gasteiger partial charge is 0.163 e. The summed E-state index contributed by atoms with van der Waals surface area (Å²) in [5.74, 6) is 0.906. The Morgan fingerprint density at radius 2 is 1.36 bits per heavy atom. The van der Waals surface area contributed by atoms with Crippen molar-refractivity contribution in [1.82, 2.24) is 0 Å². The van der Waals surface area contributed by atoms with Crippen LogP contribution in [0, 0.1) is 5.41 Å². The van der Waals surface area contributed by atoms with Crippen molar-refractivity contribution in [2.75, 3.05) is 19.8 Å². The molecule has 3 nitrogen and oxygen atoms in total. The van der Waals surface area contributed by atoms with Gasteiger partial charge in [0.1, 0.15) is 19.0 Å². The van der Waals surface area contributed by atoms with E-state index in [4.69, 9.17) is 9.47 Å². The van der Waals surface area contributed by atoms with Gasteiger partial charge >= 0.3 is 0 Å². The maximum Gasteiger partial charge on any atom is 0.163 e. The molecule has 2 rings (SSSR count). The Kier molecular flexibility index (Phi) is 7.42. The fourth-order valence-corrected chi connectivity index (χ4v) is 2.66. The van der Waals surface area contributed by atoms with Crippen LogP contribution < -0.4 is 4.74 Å². The first kappa shape index (κ1) is 22.2. The molecule has 2 aromatic carbocycles. The van der Waals surface area contributed by atoms with E-state index in [9.17, 15) is 4.79 Å². The van der Waals surface area contributed by atoms with Gasteiger partial charge in [-0.05, 0) is 40.7 Å². The number of Topliss-reactive ketones (excluding diaryl/α,β-unsaturated/α-hetero) is 1. The van der Waals surface area contributed by atoms with E-state index in [2.05, 4.69) is 57.2 Å². The van der Waals surface area contributed by atoms with Crippen LogP contribution >= 0.6 is 0 Å². The van der Waals surface area contributed by atoms with Crippen LogP contribution in [-0.4, -0.2) is 25.6 Å². The second kappa shape index (κ2) is 9.38. The molecule has 3 heteroatoms. The summed E-state index contributed by atoms with van der Waals surface area (Å²) < 4.78 is 11.1. The zero-order valence-electron chi connectivity index (χ0n) is 18.2. The largest absolute Gasteiger partial charge is 0.491 e. The normalized spacial score (nSPS) is 12.1. The Hall–Kier alpha value is -2.13. The van der Waals surface area contributed by atoms with Gasteiger partial charge in [-0.15, -0.1) is 0 Å². The van der Waals surface area contributed by atoms with E-state index in [1.54, 1.807) is 0 Å². The third-order valence-electron chi connectivity index (χ3n) is 5.30. The lowest BCUT2D eigenvalue weighted by Gasteiger charge is -2.23. The number of hydrogen-bond acceptors (Lipinski definition) is 3. The van der Waals surface area contributed by atoms with Gasteiger partial charge in [0.05, 0.1) is 6.61 Å². The molecule has 0 saturated heterocycles. The van der Waals surface area contributed by atoms with Crippen LogP contribution in [-0.2, 0) is 14.9 Å².